The van der Waals surface area contributed by atoms with Crippen LogP contribution in [0.15, 0.2) is 45.0 Å². The van der Waals surface area contributed by atoms with E-state index in [4.69, 9.17) is 15.2 Å². The first-order chi connectivity index (χ1) is 19.0. The van der Waals surface area contributed by atoms with Gasteiger partial charge in [-0.15, -0.1) is 0 Å². The number of carbonyl (C=O) groups is 5. The van der Waals surface area contributed by atoms with Gasteiger partial charge >= 0.3 is 0 Å². The van der Waals surface area contributed by atoms with Crippen molar-refractivity contribution in [3.63, 3.8) is 0 Å². The molecule has 3 N–H and O–H groups in total. The van der Waals surface area contributed by atoms with Crippen molar-refractivity contribution in [2.24, 2.45) is 5.73 Å². The lowest BCUT2D eigenvalue weighted by Crippen LogP contribution is -2.74. The molecule has 40 heavy (non-hydrogen) atoms. The first kappa shape index (κ1) is 27.6. The van der Waals surface area contributed by atoms with E-state index in [1.54, 1.807) is 14.0 Å². The Hall–Kier alpha value is -3.92. The van der Waals surface area contributed by atoms with Gasteiger partial charge in [-0.3, -0.25) is 33.8 Å². The van der Waals surface area contributed by atoms with Gasteiger partial charge in [-0.05, 0) is 33.7 Å². The number of nitrogens with zero attached hydrogens (tertiary/aromatic N) is 3. The van der Waals surface area contributed by atoms with Crippen molar-refractivity contribution < 1.29 is 33.4 Å². The molecule has 210 valence electrons. The summed E-state index contributed by atoms with van der Waals surface area (Å²) >= 11 is 0. The van der Waals surface area contributed by atoms with Crippen LogP contribution in [0.25, 0.3) is 0 Å². The molecule has 2 bridgehead atoms. The molecule has 0 saturated carbocycles. The predicted octanol–water partition coefficient (Wildman–Crippen LogP) is -0.780. The van der Waals surface area contributed by atoms with E-state index < -0.39 is 47.7 Å². The van der Waals surface area contributed by atoms with Crippen molar-refractivity contribution in [1.82, 2.24) is 15.1 Å². The number of nitriles is 1. The van der Waals surface area contributed by atoms with E-state index in [2.05, 4.69) is 11.4 Å². The lowest BCUT2D eigenvalue weighted by molar-refractivity contribution is -0.126. The molecule has 5 aliphatic rings. The highest BCUT2D eigenvalue weighted by molar-refractivity contribution is 6.26. The fourth-order valence-corrected chi connectivity index (χ4v) is 7.10. The Bertz CT molecular complexity index is 1440. The number of ether oxygens (including phenoxy) is 2. The molecule has 0 aromatic carbocycles. The summed E-state index contributed by atoms with van der Waals surface area (Å²) in [5.74, 6) is -2.13. The standard InChI is InChI=1S/C28H31N5O7/c1-11-23(35)13-7-16-22-21-14(24(36)12(2)28(40-5)26(21)38)6-15(32(22)3)17(8-29)33(16)18(10-31-19(34)9-30)20(13)25(37)27(11)39-4/h15-18,22H,6-7,9-10,30H2,1-5H3,(H,31,34)/t15-,16+,17?,18-,22-/m0/s1. The third-order valence-corrected chi connectivity index (χ3v) is 8.89. The van der Waals surface area contributed by atoms with Crippen LogP contribution in [-0.2, 0) is 33.4 Å². The van der Waals surface area contributed by atoms with Gasteiger partial charge in [0, 0.05) is 52.1 Å². The van der Waals surface area contributed by atoms with Crippen molar-refractivity contribution in [1.29, 1.82) is 5.26 Å². The van der Waals surface area contributed by atoms with Gasteiger partial charge in [0.2, 0.25) is 17.5 Å². The van der Waals surface area contributed by atoms with E-state index in [-0.39, 0.29) is 76.9 Å². The van der Waals surface area contributed by atoms with Crippen LogP contribution in [0.2, 0.25) is 0 Å². The minimum Gasteiger partial charge on any atom is -0.492 e. The number of nitrogens with one attached hydrogen (secondary N) is 1. The molecular weight excluding hydrogens is 518 g/mol. The molecule has 3 heterocycles. The number of nitrogens with two attached hydrogens (primary N) is 1. The topological polar surface area (TPSA) is 172 Å². The molecular formula is C28H31N5O7. The number of likely N-dealkylation sites (N-methyl/N-ethyl adjacent to an activating group) is 1. The maximum Gasteiger partial charge on any atom is 0.233 e. The molecule has 1 fully saturated rings. The van der Waals surface area contributed by atoms with Crippen LogP contribution in [-0.4, -0.2) is 103 Å². The monoisotopic (exact) mass is 549 g/mol. The molecule has 1 amide bonds. The lowest BCUT2D eigenvalue weighted by atomic mass is 9.67. The highest BCUT2D eigenvalue weighted by Crippen LogP contribution is 2.48. The Balaban J connectivity index is 1.72. The van der Waals surface area contributed by atoms with Gasteiger partial charge < -0.3 is 20.5 Å². The normalized spacial score (nSPS) is 30.7. The van der Waals surface area contributed by atoms with E-state index in [9.17, 15) is 29.2 Å². The number of ketones is 4. The predicted molar refractivity (Wildman–Crippen MR) is 139 cm³/mol. The van der Waals surface area contributed by atoms with Crippen LogP contribution in [0, 0.1) is 11.3 Å². The van der Waals surface area contributed by atoms with Crippen LogP contribution >= 0.6 is 0 Å². The highest BCUT2D eigenvalue weighted by atomic mass is 16.5. The quantitative estimate of drug-likeness (QED) is 0.412. The zero-order valence-corrected chi connectivity index (χ0v) is 23.0. The second kappa shape index (κ2) is 9.92. The number of amides is 1. The lowest BCUT2D eigenvalue weighted by Gasteiger charge is -2.60. The van der Waals surface area contributed by atoms with Gasteiger partial charge in [0.05, 0.1) is 38.9 Å². The Labute approximate surface area is 231 Å². The molecule has 0 radical (unpaired) electrons. The summed E-state index contributed by atoms with van der Waals surface area (Å²) in [6.07, 6.45) is 0.199. The number of carbonyl (C=O) groups excluding carboxylic acids is 5. The number of methoxy groups -OCH3 is 2. The molecule has 12 nitrogen and oxygen atoms in total. The van der Waals surface area contributed by atoms with E-state index in [1.807, 2.05) is 9.80 Å². The molecule has 12 heteroatoms. The van der Waals surface area contributed by atoms with Crippen molar-refractivity contribution in [3.05, 3.63) is 45.0 Å². The summed E-state index contributed by atoms with van der Waals surface area (Å²) < 4.78 is 10.7. The molecule has 3 aliphatic heterocycles. The zero-order chi connectivity index (χ0) is 29.2. The van der Waals surface area contributed by atoms with Crippen LogP contribution in [0.5, 0.6) is 0 Å². The minimum absolute atomic E-state index is 0.0283. The largest absolute Gasteiger partial charge is 0.492 e. The summed E-state index contributed by atoms with van der Waals surface area (Å²) in [5, 5.41) is 13.2. The second-order valence-corrected chi connectivity index (χ2v) is 10.6. The molecule has 5 rings (SSSR count). The third kappa shape index (κ3) is 3.65. The zero-order valence-electron chi connectivity index (χ0n) is 23.0. The van der Waals surface area contributed by atoms with Crippen LogP contribution < -0.4 is 11.1 Å². The fraction of sp³-hybridized carbons (Fsp3) is 0.500. The van der Waals surface area contributed by atoms with E-state index in [0.717, 1.165) is 0 Å². The Morgan fingerprint density at radius 3 is 2.00 bits per heavy atom. The first-order valence-electron chi connectivity index (χ1n) is 13.0. The summed E-state index contributed by atoms with van der Waals surface area (Å²) in [5.41, 5.74) is 6.95. The number of allylic oxidation sites excluding steroid dienone is 4. The van der Waals surface area contributed by atoms with Gasteiger partial charge in [0.25, 0.3) is 0 Å². The highest BCUT2D eigenvalue weighted by Gasteiger charge is 2.59. The van der Waals surface area contributed by atoms with Gasteiger partial charge in [-0.2, -0.15) is 5.26 Å². The van der Waals surface area contributed by atoms with E-state index in [0.29, 0.717) is 5.57 Å². The smallest absolute Gasteiger partial charge is 0.233 e. The molecule has 0 aromatic heterocycles. The second-order valence-electron chi connectivity index (χ2n) is 10.6. The van der Waals surface area contributed by atoms with Crippen LogP contribution in [0.1, 0.15) is 26.7 Å². The van der Waals surface area contributed by atoms with Gasteiger partial charge in [0.1, 0.15) is 6.04 Å². The van der Waals surface area contributed by atoms with Gasteiger partial charge in [-0.1, -0.05) is 0 Å². The summed E-state index contributed by atoms with van der Waals surface area (Å²) in [4.78, 5) is 70.5. The molecule has 0 spiro atoms. The summed E-state index contributed by atoms with van der Waals surface area (Å²) in [6, 6.07) is -1.16. The molecule has 0 aromatic rings. The fourth-order valence-electron chi connectivity index (χ4n) is 7.10. The number of fused-ring (bicyclic) bond motifs is 5. The number of hydrogen-bond donors (Lipinski definition) is 2. The van der Waals surface area contributed by atoms with E-state index in [1.165, 1.54) is 21.1 Å². The molecule has 5 atom stereocenters. The van der Waals surface area contributed by atoms with Crippen LogP contribution in [0.4, 0.5) is 0 Å². The molecule has 1 saturated heterocycles. The van der Waals surface area contributed by atoms with Gasteiger partial charge in [-0.25, -0.2) is 0 Å². The average molecular weight is 550 g/mol. The van der Waals surface area contributed by atoms with Crippen molar-refractivity contribution in [2.75, 3.05) is 34.4 Å². The Kier molecular flexibility index (Phi) is 6.86. The van der Waals surface area contributed by atoms with E-state index >= 15 is 0 Å². The number of Topliss-reactive ketones (excluding diaryl/α,β-unsaturated/α-hetero) is 4. The van der Waals surface area contributed by atoms with Crippen molar-refractivity contribution in [3.8, 4) is 6.07 Å². The summed E-state index contributed by atoms with van der Waals surface area (Å²) in [6.45, 7) is 2.69. The Morgan fingerprint density at radius 2 is 1.48 bits per heavy atom. The average Bonchev–Trinajstić information content (AvgIpc) is 2.93. The SMILES string of the molecule is COC1=C(C)C(=O)C2=C(C1=O)[C@@H]1[C@H]3CC4=C(C(=O)C(OC)=C(C)C4=O)[C@H](CNC(=O)CN)N3C(C#N)[C@H](C2)N1C. The molecule has 2 aliphatic carbocycles. The third-order valence-electron chi connectivity index (χ3n) is 8.89. The van der Waals surface area contributed by atoms with Crippen molar-refractivity contribution >= 4 is 29.0 Å². The number of piperazine rings is 1. The number of rotatable bonds is 5. The van der Waals surface area contributed by atoms with Gasteiger partial charge in [0.15, 0.2) is 23.1 Å². The van der Waals surface area contributed by atoms with Crippen LogP contribution in [0.3, 0.4) is 0 Å². The maximum atomic E-state index is 13.8. The first-order valence-corrected chi connectivity index (χ1v) is 13.0. The number of hydrogen-bond acceptors (Lipinski definition) is 11. The minimum atomic E-state index is -0.877. The maximum absolute atomic E-state index is 13.8. The Morgan fingerprint density at radius 1 is 0.950 bits per heavy atom. The molecule has 1 unspecified atom stereocenters. The summed E-state index contributed by atoms with van der Waals surface area (Å²) in [7, 11) is 4.45. The van der Waals surface area contributed by atoms with Crippen molar-refractivity contribution in [2.45, 2.75) is 56.9 Å².